The summed E-state index contributed by atoms with van der Waals surface area (Å²) < 4.78 is 67.8. The van der Waals surface area contributed by atoms with Crippen LogP contribution < -0.4 is 5.32 Å². The summed E-state index contributed by atoms with van der Waals surface area (Å²) in [6, 6.07) is 3.35. The maximum absolute atomic E-state index is 13.7. The number of nitrogens with zero attached hydrogens (tertiary/aromatic N) is 1. The minimum atomic E-state index is -5.19. The van der Waals surface area contributed by atoms with Crippen molar-refractivity contribution < 1.29 is 31.5 Å². The number of carbonyl (C=O) groups excluding carboxylic acids is 1. The van der Waals surface area contributed by atoms with Gasteiger partial charge in [0.05, 0.1) is 15.6 Å². The van der Waals surface area contributed by atoms with Crippen LogP contribution in [0.2, 0.25) is 5.02 Å². The lowest BCUT2D eigenvalue weighted by molar-refractivity contribution is -0.242. The molecule has 0 spiro atoms. The first-order valence-corrected chi connectivity index (χ1v) is 13.1. The van der Waals surface area contributed by atoms with Gasteiger partial charge in [0.2, 0.25) is 15.6 Å². The van der Waals surface area contributed by atoms with Gasteiger partial charge in [-0.2, -0.15) is 17.5 Å². The number of hydrogen-bond donors (Lipinski definition) is 2. The molecule has 186 valence electrons. The van der Waals surface area contributed by atoms with Gasteiger partial charge in [-0.1, -0.05) is 50.1 Å². The quantitative estimate of drug-likeness (QED) is 0.547. The summed E-state index contributed by atoms with van der Waals surface area (Å²) in [6.45, 7) is 0.335. The highest BCUT2D eigenvalue weighted by Gasteiger charge is 2.55. The van der Waals surface area contributed by atoms with Crippen LogP contribution in [0.25, 0.3) is 0 Å². The standard InChI is InChI=1S/C22H30ClF3N2O4S/c1-21(30,22(24,25)26)20(29)27-19-13-12-17(14-18(19)23)33(31,32)28(15-8-4-2-5-9-15)16-10-6-3-7-11-16/h12-16,30H,2-11H2,1H3,(H,27,29)/t21-/m1/s1. The minimum Gasteiger partial charge on any atom is -0.373 e. The average Bonchev–Trinajstić information content (AvgIpc) is 2.75. The molecule has 2 N–H and O–H groups in total. The van der Waals surface area contributed by atoms with Gasteiger partial charge in [-0.25, -0.2) is 8.42 Å². The Labute approximate surface area is 197 Å². The number of hydrogen-bond acceptors (Lipinski definition) is 4. The number of alkyl halides is 3. The Hall–Kier alpha value is -1.36. The van der Waals surface area contributed by atoms with Crippen molar-refractivity contribution in [3.05, 3.63) is 23.2 Å². The first-order chi connectivity index (χ1) is 15.4. The maximum Gasteiger partial charge on any atom is 0.426 e. The van der Waals surface area contributed by atoms with Gasteiger partial charge in [0.15, 0.2) is 0 Å². The van der Waals surface area contributed by atoms with E-state index in [4.69, 9.17) is 11.6 Å². The highest BCUT2D eigenvalue weighted by atomic mass is 35.5. The molecule has 0 bridgehead atoms. The SMILES string of the molecule is C[C@@](O)(C(=O)Nc1ccc(S(=O)(=O)N(C2CCCCC2)C2CCCCC2)cc1Cl)C(F)(F)F. The number of benzene rings is 1. The third-order valence-corrected chi connectivity index (χ3v) is 8.94. The number of amides is 1. The Balaban J connectivity index is 1.88. The molecule has 33 heavy (non-hydrogen) atoms. The fourth-order valence-electron chi connectivity index (χ4n) is 4.61. The van der Waals surface area contributed by atoms with E-state index in [2.05, 4.69) is 0 Å². The third kappa shape index (κ3) is 5.66. The van der Waals surface area contributed by atoms with Crippen molar-refractivity contribution in [3.63, 3.8) is 0 Å². The normalized spacial score (nSPS) is 21.1. The van der Waals surface area contributed by atoms with Crippen LogP contribution >= 0.6 is 11.6 Å². The Kier molecular flexibility index (Phi) is 8.03. The smallest absolute Gasteiger partial charge is 0.373 e. The molecule has 1 aromatic rings. The molecule has 2 aliphatic rings. The second kappa shape index (κ2) is 10.1. The summed E-state index contributed by atoms with van der Waals surface area (Å²) in [5, 5.41) is 11.2. The van der Waals surface area contributed by atoms with Gasteiger partial charge in [-0.3, -0.25) is 4.79 Å². The zero-order valence-corrected chi connectivity index (χ0v) is 20.1. The van der Waals surface area contributed by atoms with E-state index in [0.717, 1.165) is 76.3 Å². The summed E-state index contributed by atoms with van der Waals surface area (Å²) in [6.07, 6.45) is 4.02. The first kappa shape index (κ1) is 26.2. The summed E-state index contributed by atoms with van der Waals surface area (Å²) in [5.41, 5.74) is -3.84. The molecule has 2 saturated carbocycles. The molecule has 11 heteroatoms. The second-order valence-electron chi connectivity index (χ2n) is 9.08. The van der Waals surface area contributed by atoms with Crippen LogP contribution in [0.5, 0.6) is 0 Å². The Morgan fingerprint density at radius 2 is 1.52 bits per heavy atom. The lowest BCUT2D eigenvalue weighted by Gasteiger charge is -2.40. The highest BCUT2D eigenvalue weighted by molar-refractivity contribution is 7.89. The molecule has 2 aliphatic carbocycles. The number of carbonyl (C=O) groups is 1. The number of sulfonamides is 1. The van der Waals surface area contributed by atoms with Crippen molar-refractivity contribution in [2.75, 3.05) is 5.32 Å². The van der Waals surface area contributed by atoms with E-state index in [1.165, 1.54) is 6.07 Å². The van der Waals surface area contributed by atoms with Crippen molar-refractivity contribution in [2.45, 2.75) is 99.9 Å². The molecule has 0 radical (unpaired) electrons. The van der Waals surface area contributed by atoms with Crippen molar-refractivity contribution >= 4 is 33.2 Å². The monoisotopic (exact) mass is 510 g/mol. The van der Waals surface area contributed by atoms with E-state index < -0.39 is 27.7 Å². The number of aliphatic hydroxyl groups is 1. The number of anilines is 1. The predicted octanol–water partition coefficient (Wildman–Crippen LogP) is 5.25. The van der Waals surface area contributed by atoms with E-state index in [0.29, 0.717) is 6.92 Å². The van der Waals surface area contributed by atoms with Gasteiger partial charge < -0.3 is 10.4 Å². The minimum absolute atomic E-state index is 0.0655. The molecule has 6 nitrogen and oxygen atoms in total. The van der Waals surface area contributed by atoms with Gasteiger partial charge in [-0.05, 0) is 50.8 Å². The molecular formula is C22H30ClF3N2O4S. The molecular weight excluding hydrogens is 481 g/mol. The number of nitrogens with one attached hydrogen (secondary N) is 1. The summed E-state index contributed by atoms with van der Waals surface area (Å²) >= 11 is 6.16. The van der Waals surface area contributed by atoms with Crippen LogP contribution in [0.15, 0.2) is 23.1 Å². The fourth-order valence-corrected chi connectivity index (χ4v) is 6.86. The third-order valence-electron chi connectivity index (χ3n) is 6.63. The maximum atomic E-state index is 13.7. The second-order valence-corrected chi connectivity index (χ2v) is 11.3. The topological polar surface area (TPSA) is 86.7 Å². The van der Waals surface area contributed by atoms with E-state index >= 15 is 0 Å². The average molecular weight is 511 g/mol. The van der Waals surface area contributed by atoms with Crippen LogP contribution in [0.3, 0.4) is 0 Å². The zero-order valence-electron chi connectivity index (χ0n) is 18.5. The molecule has 0 aliphatic heterocycles. The molecule has 1 aromatic carbocycles. The molecule has 1 atom stereocenters. The van der Waals surface area contributed by atoms with E-state index in [1.807, 2.05) is 5.32 Å². The van der Waals surface area contributed by atoms with Gasteiger partial charge in [-0.15, -0.1) is 0 Å². The van der Waals surface area contributed by atoms with Gasteiger partial charge >= 0.3 is 6.18 Å². The zero-order chi connectivity index (χ0) is 24.4. The number of rotatable bonds is 6. The van der Waals surface area contributed by atoms with Crippen LogP contribution in [-0.4, -0.2) is 47.6 Å². The largest absolute Gasteiger partial charge is 0.426 e. The highest BCUT2D eigenvalue weighted by Crippen LogP contribution is 2.37. The van der Waals surface area contributed by atoms with E-state index in [1.54, 1.807) is 4.31 Å². The molecule has 0 aromatic heterocycles. The lowest BCUT2D eigenvalue weighted by atomic mass is 9.91. The molecule has 1 amide bonds. The molecule has 2 fully saturated rings. The van der Waals surface area contributed by atoms with Gasteiger partial charge in [0.25, 0.3) is 5.91 Å². The molecule has 0 unspecified atom stereocenters. The van der Waals surface area contributed by atoms with Crippen molar-refractivity contribution in [3.8, 4) is 0 Å². The Bertz CT molecular complexity index is 939. The Morgan fingerprint density at radius 3 is 1.94 bits per heavy atom. The molecule has 0 heterocycles. The van der Waals surface area contributed by atoms with Crippen LogP contribution in [-0.2, 0) is 14.8 Å². The van der Waals surface area contributed by atoms with Crippen LogP contribution in [0.1, 0.15) is 71.1 Å². The molecule has 3 rings (SSSR count). The van der Waals surface area contributed by atoms with E-state index in [-0.39, 0.29) is 27.7 Å². The number of halogens is 4. The van der Waals surface area contributed by atoms with E-state index in [9.17, 15) is 31.5 Å². The van der Waals surface area contributed by atoms with Crippen LogP contribution in [0, 0.1) is 0 Å². The predicted molar refractivity (Wildman–Crippen MR) is 120 cm³/mol. The summed E-state index contributed by atoms with van der Waals surface area (Å²) in [5.74, 6) is -1.71. The first-order valence-electron chi connectivity index (χ1n) is 11.3. The summed E-state index contributed by atoms with van der Waals surface area (Å²) in [7, 11) is -3.91. The van der Waals surface area contributed by atoms with Gasteiger partial charge in [0.1, 0.15) is 0 Å². The lowest BCUT2D eigenvalue weighted by Crippen LogP contribution is -2.52. The van der Waals surface area contributed by atoms with Crippen molar-refractivity contribution in [1.82, 2.24) is 4.31 Å². The van der Waals surface area contributed by atoms with Crippen molar-refractivity contribution in [2.24, 2.45) is 0 Å². The Morgan fingerprint density at radius 1 is 1.03 bits per heavy atom. The van der Waals surface area contributed by atoms with Gasteiger partial charge in [0, 0.05) is 12.1 Å². The summed E-state index contributed by atoms with van der Waals surface area (Å²) in [4.78, 5) is 11.9. The fraction of sp³-hybridized carbons (Fsp3) is 0.682. The molecule has 0 saturated heterocycles. The van der Waals surface area contributed by atoms with Crippen LogP contribution in [0.4, 0.5) is 18.9 Å². The van der Waals surface area contributed by atoms with Crippen molar-refractivity contribution in [1.29, 1.82) is 0 Å².